The largest absolute Gasteiger partial charge is 0.376 e. The number of rotatable bonds is 5. The molecule has 0 aromatic heterocycles. The maximum atomic E-state index is 13.9. The number of nitrogens with zero attached hydrogens (tertiary/aromatic N) is 2. The summed E-state index contributed by atoms with van der Waals surface area (Å²) in [6.45, 7) is 6.01. The van der Waals surface area contributed by atoms with Crippen LogP contribution in [0.15, 0.2) is 48.5 Å². The van der Waals surface area contributed by atoms with Crippen LogP contribution in [0.3, 0.4) is 0 Å². The highest BCUT2D eigenvalue weighted by Crippen LogP contribution is 2.39. The zero-order valence-electron chi connectivity index (χ0n) is 21.6. The van der Waals surface area contributed by atoms with E-state index in [0.29, 0.717) is 50.2 Å². The van der Waals surface area contributed by atoms with Gasteiger partial charge in [-0.25, -0.2) is 0 Å². The molecule has 2 aromatic carbocycles. The lowest BCUT2D eigenvalue weighted by Gasteiger charge is -2.44. The van der Waals surface area contributed by atoms with E-state index >= 15 is 0 Å². The lowest BCUT2D eigenvalue weighted by molar-refractivity contribution is -0.128. The van der Waals surface area contributed by atoms with Crippen LogP contribution < -0.4 is 5.32 Å². The summed E-state index contributed by atoms with van der Waals surface area (Å²) in [5.41, 5.74) is 2.18. The van der Waals surface area contributed by atoms with Crippen molar-refractivity contribution in [3.8, 4) is 0 Å². The van der Waals surface area contributed by atoms with E-state index in [9.17, 15) is 14.4 Å². The Balaban J connectivity index is 1.36. The lowest BCUT2D eigenvalue weighted by Crippen LogP contribution is -2.60. The van der Waals surface area contributed by atoms with Gasteiger partial charge in [0, 0.05) is 50.2 Å². The van der Waals surface area contributed by atoms with E-state index < -0.39 is 11.8 Å². The standard InChI is InChI=1S/C29H35N3O5/c1-20-7-5-9-22(17-20)27(34)32-25(26(33)30-18-23-10-6-16-36-23)19-37-29(32)12-14-31(15-13-29)28(35)24-11-4-3-8-21(24)2/h3-5,7-9,11,17,23,25H,6,10,12-16,18-19H2,1-2H3,(H,30,33)/t23-,25-/m0/s1. The Bertz CT molecular complexity index is 1170. The van der Waals surface area contributed by atoms with Crippen LogP contribution in [0, 0.1) is 13.8 Å². The molecule has 1 N–H and O–H groups in total. The van der Waals surface area contributed by atoms with Crippen LogP contribution in [0.25, 0.3) is 0 Å². The predicted octanol–water partition coefficient (Wildman–Crippen LogP) is 3.07. The van der Waals surface area contributed by atoms with Crippen molar-refractivity contribution in [3.63, 3.8) is 0 Å². The zero-order valence-corrected chi connectivity index (χ0v) is 21.6. The van der Waals surface area contributed by atoms with Crippen LogP contribution in [0.1, 0.15) is 57.5 Å². The molecule has 3 aliphatic heterocycles. The van der Waals surface area contributed by atoms with E-state index in [4.69, 9.17) is 9.47 Å². The number of piperidine rings is 1. The van der Waals surface area contributed by atoms with Crippen LogP contribution in [0.5, 0.6) is 0 Å². The molecule has 8 nitrogen and oxygen atoms in total. The number of hydrogen-bond donors (Lipinski definition) is 1. The highest BCUT2D eigenvalue weighted by molar-refractivity contribution is 5.99. The van der Waals surface area contributed by atoms with Gasteiger partial charge < -0.3 is 19.7 Å². The minimum absolute atomic E-state index is 0.0110. The normalized spacial score (nSPS) is 22.9. The monoisotopic (exact) mass is 505 g/mol. The first-order chi connectivity index (χ1) is 17.9. The molecule has 0 aliphatic carbocycles. The SMILES string of the molecule is Cc1cccc(C(=O)N2[C@H](C(=O)NC[C@@H]3CCCO3)COC23CCN(C(=O)c2ccccc2C)CC3)c1. The molecule has 5 rings (SSSR count). The number of hydrogen-bond acceptors (Lipinski definition) is 5. The van der Waals surface area contributed by atoms with Gasteiger partial charge in [0.25, 0.3) is 11.8 Å². The van der Waals surface area contributed by atoms with Gasteiger partial charge in [-0.1, -0.05) is 35.9 Å². The summed E-state index contributed by atoms with van der Waals surface area (Å²) in [6, 6.07) is 14.2. The molecule has 3 heterocycles. The van der Waals surface area contributed by atoms with Gasteiger partial charge in [-0.15, -0.1) is 0 Å². The van der Waals surface area contributed by atoms with Gasteiger partial charge in [0.1, 0.15) is 11.8 Å². The number of benzene rings is 2. The fourth-order valence-corrected chi connectivity index (χ4v) is 5.66. The molecule has 196 valence electrons. The third-order valence-corrected chi connectivity index (χ3v) is 7.78. The maximum absolute atomic E-state index is 13.9. The molecular weight excluding hydrogens is 470 g/mol. The first-order valence-corrected chi connectivity index (χ1v) is 13.2. The summed E-state index contributed by atoms with van der Waals surface area (Å²) >= 11 is 0. The fourth-order valence-electron chi connectivity index (χ4n) is 5.66. The van der Waals surface area contributed by atoms with Crippen LogP contribution in [0.4, 0.5) is 0 Å². The Morgan fingerprint density at radius 2 is 1.81 bits per heavy atom. The molecule has 37 heavy (non-hydrogen) atoms. The molecule has 0 saturated carbocycles. The average Bonchev–Trinajstić information content (AvgIpc) is 3.56. The van der Waals surface area contributed by atoms with Crippen molar-refractivity contribution in [2.45, 2.75) is 57.4 Å². The molecule has 2 atom stereocenters. The highest BCUT2D eigenvalue weighted by Gasteiger charge is 2.54. The Hall–Kier alpha value is -3.23. The molecule has 3 fully saturated rings. The van der Waals surface area contributed by atoms with Gasteiger partial charge in [0.2, 0.25) is 5.91 Å². The smallest absolute Gasteiger partial charge is 0.256 e. The van der Waals surface area contributed by atoms with Crippen LogP contribution in [-0.4, -0.2) is 78.2 Å². The van der Waals surface area contributed by atoms with E-state index in [1.54, 1.807) is 11.0 Å². The number of carbonyl (C=O) groups excluding carboxylic acids is 3. The summed E-state index contributed by atoms with van der Waals surface area (Å²) in [5.74, 6) is -0.475. The molecule has 1 spiro atoms. The minimum Gasteiger partial charge on any atom is -0.376 e. The average molecular weight is 506 g/mol. The van der Waals surface area contributed by atoms with Gasteiger partial charge in [0.05, 0.1) is 12.7 Å². The van der Waals surface area contributed by atoms with Crippen molar-refractivity contribution in [1.82, 2.24) is 15.1 Å². The molecule has 3 saturated heterocycles. The van der Waals surface area contributed by atoms with Crippen molar-refractivity contribution >= 4 is 17.7 Å². The number of nitrogens with one attached hydrogen (secondary N) is 1. The number of carbonyl (C=O) groups is 3. The van der Waals surface area contributed by atoms with Crippen LogP contribution in [0.2, 0.25) is 0 Å². The van der Waals surface area contributed by atoms with E-state index in [1.165, 1.54) is 0 Å². The van der Waals surface area contributed by atoms with Gasteiger partial charge in [0.15, 0.2) is 0 Å². The summed E-state index contributed by atoms with van der Waals surface area (Å²) in [5, 5.41) is 2.99. The number of aryl methyl sites for hydroxylation is 2. The predicted molar refractivity (Wildman–Crippen MR) is 138 cm³/mol. The zero-order chi connectivity index (χ0) is 26.0. The van der Waals surface area contributed by atoms with E-state index in [2.05, 4.69) is 5.32 Å². The van der Waals surface area contributed by atoms with E-state index in [1.807, 2.05) is 61.2 Å². The van der Waals surface area contributed by atoms with Gasteiger partial charge in [-0.05, 0) is 50.5 Å². The summed E-state index contributed by atoms with van der Waals surface area (Å²) < 4.78 is 12.0. The number of likely N-dealkylation sites (tertiary alicyclic amines) is 1. The Labute approximate surface area is 217 Å². The molecule has 3 amide bonds. The van der Waals surface area contributed by atoms with Crippen LogP contribution >= 0.6 is 0 Å². The van der Waals surface area contributed by atoms with Crippen molar-refractivity contribution < 1.29 is 23.9 Å². The minimum atomic E-state index is -0.935. The Kier molecular flexibility index (Phi) is 7.31. The van der Waals surface area contributed by atoms with Crippen molar-refractivity contribution in [2.75, 3.05) is 32.8 Å². The Morgan fingerprint density at radius 3 is 2.51 bits per heavy atom. The van der Waals surface area contributed by atoms with Crippen molar-refractivity contribution in [1.29, 1.82) is 0 Å². The topological polar surface area (TPSA) is 88.2 Å². The second kappa shape index (κ2) is 10.6. The van der Waals surface area contributed by atoms with Crippen LogP contribution in [-0.2, 0) is 14.3 Å². The molecule has 3 aliphatic rings. The quantitative estimate of drug-likeness (QED) is 0.675. The first-order valence-electron chi connectivity index (χ1n) is 13.2. The van der Waals surface area contributed by atoms with Gasteiger partial charge in [-0.3, -0.25) is 19.3 Å². The summed E-state index contributed by atoms with van der Waals surface area (Å²) in [6.07, 6.45) is 2.81. The Morgan fingerprint density at radius 1 is 1.03 bits per heavy atom. The third-order valence-electron chi connectivity index (χ3n) is 7.78. The molecule has 0 radical (unpaired) electrons. The van der Waals surface area contributed by atoms with E-state index in [-0.39, 0.29) is 30.4 Å². The summed E-state index contributed by atoms with van der Waals surface area (Å²) in [4.78, 5) is 43.9. The molecule has 0 unspecified atom stereocenters. The second-order valence-corrected chi connectivity index (χ2v) is 10.3. The lowest BCUT2D eigenvalue weighted by atomic mass is 9.95. The van der Waals surface area contributed by atoms with E-state index in [0.717, 1.165) is 24.0 Å². The summed E-state index contributed by atoms with van der Waals surface area (Å²) in [7, 11) is 0. The number of amides is 3. The van der Waals surface area contributed by atoms with Crippen molar-refractivity contribution in [3.05, 3.63) is 70.8 Å². The molecule has 2 aromatic rings. The first kappa shape index (κ1) is 25.4. The molecule has 8 heteroatoms. The van der Waals surface area contributed by atoms with Crippen molar-refractivity contribution in [2.24, 2.45) is 0 Å². The highest BCUT2D eigenvalue weighted by atomic mass is 16.5. The molecular formula is C29H35N3O5. The fraction of sp³-hybridized carbons (Fsp3) is 0.483. The second-order valence-electron chi connectivity index (χ2n) is 10.3. The maximum Gasteiger partial charge on any atom is 0.256 e. The number of ether oxygens (including phenoxy) is 2. The van der Waals surface area contributed by atoms with Gasteiger partial charge >= 0.3 is 0 Å². The van der Waals surface area contributed by atoms with Gasteiger partial charge in [-0.2, -0.15) is 0 Å². The molecule has 0 bridgehead atoms. The third kappa shape index (κ3) is 5.13.